The highest BCUT2D eigenvalue weighted by atomic mass is 32.2. The van der Waals surface area contributed by atoms with Gasteiger partial charge in [0.25, 0.3) is 0 Å². The average molecular weight is 331 g/mol. The van der Waals surface area contributed by atoms with E-state index in [0.717, 1.165) is 26.7 Å². The maximum atomic E-state index is 12.9. The number of nitrogens with zero attached hydrogens (tertiary/aromatic N) is 1. The third kappa shape index (κ3) is 2.61. The first-order valence-electron chi connectivity index (χ1n) is 7.95. The lowest BCUT2D eigenvalue weighted by Gasteiger charge is -2.06. The first kappa shape index (κ1) is 15.0. The van der Waals surface area contributed by atoms with Crippen LogP contribution in [0.2, 0.25) is 0 Å². The van der Waals surface area contributed by atoms with Crippen LogP contribution in [0.3, 0.4) is 0 Å². The van der Waals surface area contributed by atoms with E-state index in [1.165, 1.54) is 5.56 Å². The fraction of sp³-hybridized carbons (Fsp3) is 0.0952. The van der Waals surface area contributed by atoms with Crippen LogP contribution in [-0.2, 0) is 0 Å². The van der Waals surface area contributed by atoms with Crippen LogP contribution < -0.4 is 0 Å². The van der Waals surface area contributed by atoms with Crippen molar-refractivity contribution in [2.45, 2.75) is 11.8 Å². The summed E-state index contributed by atoms with van der Waals surface area (Å²) >= 11 is 1.58. The summed E-state index contributed by atoms with van der Waals surface area (Å²) in [5.41, 5.74) is 3.19. The Kier molecular flexibility index (Phi) is 3.87. The molecule has 0 bridgehead atoms. The van der Waals surface area contributed by atoms with Gasteiger partial charge in [0.1, 0.15) is 0 Å². The molecule has 0 fully saturated rings. The summed E-state index contributed by atoms with van der Waals surface area (Å²) < 4.78 is 1.85. The zero-order valence-electron chi connectivity index (χ0n) is 13.4. The van der Waals surface area contributed by atoms with Crippen molar-refractivity contribution in [3.05, 3.63) is 78.4 Å². The summed E-state index contributed by atoms with van der Waals surface area (Å²) in [7, 11) is 0. The molecule has 24 heavy (non-hydrogen) atoms. The Labute approximate surface area is 145 Å². The van der Waals surface area contributed by atoms with Gasteiger partial charge in [0.2, 0.25) is 5.91 Å². The van der Waals surface area contributed by atoms with Crippen LogP contribution in [0, 0.1) is 6.92 Å². The molecule has 0 spiro atoms. The monoisotopic (exact) mass is 331 g/mol. The molecule has 0 saturated carbocycles. The van der Waals surface area contributed by atoms with Gasteiger partial charge in [0, 0.05) is 15.7 Å². The molecule has 0 saturated heterocycles. The molecule has 1 aromatic heterocycles. The van der Waals surface area contributed by atoms with Crippen LogP contribution in [0.5, 0.6) is 0 Å². The number of benzene rings is 3. The van der Waals surface area contributed by atoms with E-state index in [-0.39, 0.29) is 5.91 Å². The molecule has 2 nitrogen and oxygen atoms in total. The quantitative estimate of drug-likeness (QED) is 0.460. The number of rotatable bonds is 3. The van der Waals surface area contributed by atoms with Gasteiger partial charge in [-0.1, -0.05) is 54.1 Å². The first-order valence-corrected chi connectivity index (χ1v) is 8.93. The highest BCUT2D eigenvalue weighted by molar-refractivity contribution is 8.00. The first-order chi connectivity index (χ1) is 11.7. The largest absolute Gasteiger partial charge is 0.279 e. The average Bonchev–Trinajstić information content (AvgIpc) is 2.96. The van der Waals surface area contributed by atoms with Gasteiger partial charge in [-0.15, -0.1) is 11.8 Å². The van der Waals surface area contributed by atoms with Crippen LogP contribution in [0.1, 0.15) is 10.4 Å². The summed E-state index contributed by atoms with van der Waals surface area (Å²) in [5.74, 6) is 0.532. The zero-order valence-corrected chi connectivity index (χ0v) is 14.2. The molecule has 3 heteroatoms. The van der Waals surface area contributed by atoms with Gasteiger partial charge in [0.05, 0.1) is 16.8 Å². The molecular formula is C21H17NOS. The highest BCUT2D eigenvalue weighted by Crippen LogP contribution is 2.29. The molecule has 0 amide bonds. The predicted molar refractivity (Wildman–Crippen MR) is 102 cm³/mol. The van der Waals surface area contributed by atoms with Gasteiger partial charge < -0.3 is 0 Å². The fourth-order valence-corrected chi connectivity index (χ4v) is 3.78. The lowest BCUT2D eigenvalue weighted by atomic mass is 10.2. The van der Waals surface area contributed by atoms with E-state index >= 15 is 0 Å². The molecule has 0 aliphatic rings. The van der Waals surface area contributed by atoms with E-state index in [9.17, 15) is 4.79 Å². The molecule has 1 heterocycles. The number of para-hydroxylation sites is 2. The third-order valence-electron chi connectivity index (χ3n) is 4.21. The molecular weight excluding hydrogens is 314 g/mol. The molecule has 3 aromatic carbocycles. The van der Waals surface area contributed by atoms with E-state index in [2.05, 4.69) is 43.3 Å². The van der Waals surface area contributed by atoms with Crippen molar-refractivity contribution < 1.29 is 4.79 Å². The summed E-state index contributed by atoms with van der Waals surface area (Å²) in [6.45, 7) is 2.07. The highest BCUT2D eigenvalue weighted by Gasteiger charge is 2.15. The zero-order chi connectivity index (χ0) is 16.5. The predicted octanol–water partition coefficient (Wildman–Crippen LogP) is 5.54. The standard InChI is InChI=1S/C21H17NOS/c1-15-10-12-16(13-11-15)24-14-21(23)22-19-8-4-2-6-17(19)18-7-3-5-9-20(18)22/h2-13H,14H2,1H3. The normalized spacial score (nSPS) is 11.2. The van der Waals surface area contributed by atoms with Gasteiger partial charge in [-0.05, 0) is 31.2 Å². The van der Waals surface area contributed by atoms with E-state index < -0.39 is 0 Å². The molecule has 0 N–H and O–H groups in total. The van der Waals surface area contributed by atoms with Crippen molar-refractivity contribution in [2.75, 3.05) is 5.75 Å². The summed E-state index contributed by atoms with van der Waals surface area (Å²) in [6, 6.07) is 24.5. The Balaban J connectivity index is 1.71. The lowest BCUT2D eigenvalue weighted by Crippen LogP contribution is -2.12. The summed E-state index contributed by atoms with van der Waals surface area (Å²) in [4.78, 5) is 14.0. The Morgan fingerprint density at radius 3 is 1.96 bits per heavy atom. The summed E-state index contributed by atoms with van der Waals surface area (Å²) in [6.07, 6.45) is 0. The van der Waals surface area contributed by atoms with E-state index in [0.29, 0.717) is 5.75 Å². The molecule has 0 unspecified atom stereocenters. The second-order valence-corrected chi connectivity index (χ2v) is 6.91. The van der Waals surface area contributed by atoms with Crippen LogP contribution in [0.4, 0.5) is 0 Å². The van der Waals surface area contributed by atoms with Crippen LogP contribution in [0.15, 0.2) is 77.7 Å². The fourth-order valence-electron chi connectivity index (χ4n) is 3.04. The molecule has 118 valence electrons. The molecule has 0 aliphatic heterocycles. The van der Waals surface area contributed by atoms with Crippen LogP contribution in [0.25, 0.3) is 21.8 Å². The lowest BCUT2D eigenvalue weighted by molar-refractivity contribution is 0.0951. The summed E-state index contributed by atoms with van der Waals surface area (Å²) in [5, 5.41) is 2.25. The Bertz CT molecular complexity index is 978. The molecule has 0 aliphatic carbocycles. The van der Waals surface area contributed by atoms with Crippen LogP contribution >= 0.6 is 11.8 Å². The molecule has 4 rings (SSSR count). The van der Waals surface area contributed by atoms with Crippen molar-refractivity contribution in [1.82, 2.24) is 4.57 Å². The number of thioether (sulfide) groups is 1. The minimum Gasteiger partial charge on any atom is -0.279 e. The second kappa shape index (κ2) is 6.17. The molecule has 4 aromatic rings. The molecule has 0 radical (unpaired) electrons. The van der Waals surface area contributed by atoms with Gasteiger partial charge in [-0.3, -0.25) is 9.36 Å². The topological polar surface area (TPSA) is 22.0 Å². The van der Waals surface area contributed by atoms with Gasteiger partial charge in [-0.25, -0.2) is 0 Å². The Morgan fingerprint density at radius 1 is 0.833 bits per heavy atom. The number of carbonyl (C=O) groups excluding carboxylic acids is 1. The number of hydrogen-bond acceptors (Lipinski definition) is 2. The molecule has 0 atom stereocenters. The van der Waals surface area contributed by atoms with Gasteiger partial charge >= 0.3 is 0 Å². The Morgan fingerprint density at radius 2 is 1.38 bits per heavy atom. The third-order valence-corrected chi connectivity index (χ3v) is 5.21. The number of hydrogen-bond donors (Lipinski definition) is 0. The smallest absolute Gasteiger partial charge is 0.241 e. The maximum absolute atomic E-state index is 12.9. The van der Waals surface area contributed by atoms with Crippen molar-refractivity contribution in [3.8, 4) is 0 Å². The number of aromatic nitrogens is 1. The van der Waals surface area contributed by atoms with E-state index in [4.69, 9.17) is 0 Å². The second-order valence-electron chi connectivity index (χ2n) is 5.87. The van der Waals surface area contributed by atoms with Crippen molar-refractivity contribution in [1.29, 1.82) is 0 Å². The SMILES string of the molecule is Cc1ccc(SCC(=O)n2c3ccccc3c3ccccc32)cc1. The minimum absolute atomic E-state index is 0.109. The van der Waals surface area contributed by atoms with Gasteiger partial charge in [-0.2, -0.15) is 0 Å². The van der Waals surface area contributed by atoms with E-state index in [1.807, 2.05) is 41.0 Å². The van der Waals surface area contributed by atoms with Crippen molar-refractivity contribution >= 4 is 39.5 Å². The van der Waals surface area contributed by atoms with E-state index in [1.54, 1.807) is 11.8 Å². The maximum Gasteiger partial charge on any atom is 0.241 e. The van der Waals surface area contributed by atoms with Gasteiger partial charge in [0.15, 0.2) is 0 Å². The van der Waals surface area contributed by atoms with Crippen LogP contribution in [-0.4, -0.2) is 16.2 Å². The van der Waals surface area contributed by atoms with Crippen molar-refractivity contribution in [3.63, 3.8) is 0 Å². The number of fused-ring (bicyclic) bond motifs is 3. The number of aryl methyl sites for hydroxylation is 1. The Hall–Kier alpha value is -2.52. The van der Waals surface area contributed by atoms with Crippen molar-refractivity contribution in [2.24, 2.45) is 0 Å². The minimum atomic E-state index is 0.109. The number of carbonyl (C=O) groups is 1.